The van der Waals surface area contributed by atoms with E-state index in [2.05, 4.69) is 4.98 Å². The van der Waals surface area contributed by atoms with Crippen LogP contribution in [-0.2, 0) is 0 Å². The number of likely N-dealkylation sites (tertiary alicyclic amines) is 1. The molecule has 1 aromatic heterocycles. The van der Waals surface area contributed by atoms with Crippen molar-refractivity contribution < 1.29 is 9.90 Å². The van der Waals surface area contributed by atoms with Gasteiger partial charge >= 0.3 is 0 Å². The molecule has 0 bridgehead atoms. The first kappa shape index (κ1) is 10.2. The molecule has 2 aliphatic rings. The number of aromatic nitrogens is 1. The number of amides is 1. The first-order valence-electron chi connectivity index (χ1n) is 5.52. The highest BCUT2D eigenvalue weighted by molar-refractivity contribution is 7.09. The van der Waals surface area contributed by atoms with Gasteiger partial charge in [-0.25, -0.2) is 4.98 Å². The van der Waals surface area contributed by atoms with Gasteiger partial charge < -0.3 is 10.0 Å². The number of hydrogen-bond donors (Lipinski definition) is 1. The third-order valence-electron chi connectivity index (χ3n) is 3.39. The second-order valence-electron chi connectivity index (χ2n) is 4.79. The number of carbonyl (C=O) groups excluding carboxylic acids is 1. The van der Waals surface area contributed by atoms with Gasteiger partial charge in [-0.3, -0.25) is 4.79 Å². The minimum atomic E-state index is -0.597. The number of carbonyl (C=O) groups is 1. The summed E-state index contributed by atoms with van der Waals surface area (Å²) in [6.45, 7) is 2.85. The van der Waals surface area contributed by atoms with Crippen LogP contribution in [0.2, 0.25) is 0 Å². The van der Waals surface area contributed by atoms with Crippen LogP contribution in [0.15, 0.2) is 5.38 Å². The second-order valence-corrected chi connectivity index (χ2v) is 5.85. The first-order valence-corrected chi connectivity index (χ1v) is 6.40. The average Bonchev–Trinajstić information content (AvgIpc) is 2.96. The molecule has 1 amide bonds. The van der Waals surface area contributed by atoms with Gasteiger partial charge in [0.1, 0.15) is 11.3 Å². The standard InChI is InChI=1S/C11H14N2O2S/c1-7-12-9(4-16-7)10(14)13-5-11(15,6-13)8-2-3-8/h4,8,15H,2-3,5-6H2,1H3. The van der Waals surface area contributed by atoms with Crippen LogP contribution < -0.4 is 0 Å². The van der Waals surface area contributed by atoms with Crippen molar-refractivity contribution in [2.45, 2.75) is 25.4 Å². The highest BCUT2D eigenvalue weighted by Crippen LogP contribution is 2.44. The molecule has 0 aromatic carbocycles. The molecular weight excluding hydrogens is 224 g/mol. The topological polar surface area (TPSA) is 53.4 Å². The average molecular weight is 238 g/mol. The fraction of sp³-hybridized carbons (Fsp3) is 0.636. The molecule has 2 fully saturated rings. The lowest BCUT2D eigenvalue weighted by Gasteiger charge is -2.46. The van der Waals surface area contributed by atoms with Gasteiger partial charge in [-0.1, -0.05) is 0 Å². The summed E-state index contributed by atoms with van der Waals surface area (Å²) in [5, 5.41) is 12.8. The lowest BCUT2D eigenvalue weighted by atomic mass is 9.88. The van der Waals surface area contributed by atoms with Crippen LogP contribution in [0.1, 0.15) is 28.3 Å². The van der Waals surface area contributed by atoms with Gasteiger partial charge in [0.05, 0.1) is 18.1 Å². The van der Waals surface area contributed by atoms with Crippen LogP contribution in [-0.4, -0.2) is 39.6 Å². The maximum absolute atomic E-state index is 11.9. The number of rotatable bonds is 2. The third kappa shape index (κ3) is 1.55. The Balaban J connectivity index is 1.66. The maximum Gasteiger partial charge on any atom is 0.273 e. The molecule has 5 heteroatoms. The minimum absolute atomic E-state index is 0.0466. The minimum Gasteiger partial charge on any atom is -0.386 e. The molecule has 1 N–H and O–H groups in total. The summed E-state index contributed by atoms with van der Waals surface area (Å²) in [6.07, 6.45) is 2.21. The number of nitrogens with zero attached hydrogens (tertiary/aromatic N) is 2. The van der Waals surface area contributed by atoms with Gasteiger partial charge in [0.15, 0.2) is 0 Å². The maximum atomic E-state index is 11.9. The Morgan fingerprint density at radius 1 is 1.62 bits per heavy atom. The van der Waals surface area contributed by atoms with Crippen LogP contribution in [0.4, 0.5) is 0 Å². The van der Waals surface area contributed by atoms with E-state index in [-0.39, 0.29) is 5.91 Å². The van der Waals surface area contributed by atoms with Crippen molar-refractivity contribution in [3.8, 4) is 0 Å². The van der Waals surface area contributed by atoms with Crippen molar-refractivity contribution in [3.63, 3.8) is 0 Å². The van der Waals surface area contributed by atoms with Crippen LogP contribution in [0.25, 0.3) is 0 Å². The molecule has 0 atom stereocenters. The lowest BCUT2D eigenvalue weighted by Crippen LogP contribution is -2.64. The van der Waals surface area contributed by atoms with Crippen LogP contribution >= 0.6 is 11.3 Å². The number of β-amino-alcohol motifs (C(OH)–C–C–N with tert-alkyl or cyclic N) is 1. The number of aryl methyl sites for hydroxylation is 1. The van der Waals surface area contributed by atoms with Gasteiger partial charge in [0, 0.05) is 5.38 Å². The molecule has 1 saturated carbocycles. The van der Waals surface area contributed by atoms with E-state index in [1.165, 1.54) is 11.3 Å². The Morgan fingerprint density at radius 3 is 2.81 bits per heavy atom. The Bertz CT molecular complexity index is 433. The summed E-state index contributed by atoms with van der Waals surface area (Å²) < 4.78 is 0. The molecule has 3 rings (SSSR count). The molecule has 1 aromatic rings. The predicted octanol–water partition coefficient (Wildman–Crippen LogP) is 1.05. The van der Waals surface area contributed by atoms with Crippen LogP contribution in [0.3, 0.4) is 0 Å². The summed E-state index contributed by atoms with van der Waals surface area (Å²) in [7, 11) is 0. The molecule has 1 aliphatic carbocycles. The molecule has 16 heavy (non-hydrogen) atoms. The Kier molecular flexibility index (Phi) is 2.09. The highest BCUT2D eigenvalue weighted by atomic mass is 32.1. The number of aliphatic hydroxyl groups is 1. The van der Waals surface area contributed by atoms with Crippen molar-refractivity contribution in [1.29, 1.82) is 0 Å². The molecule has 86 valence electrons. The Labute approximate surface area is 97.9 Å². The fourth-order valence-corrected chi connectivity index (χ4v) is 2.85. The summed E-state index contributed by atoms with van der Waals surface area (Å²) in [4.78, 5) is 17.8. The zero-order valence-corrected chi connectivity index (χ0v) is 9.96. The van der Waals surface area contributed by atoms with Crippen molar-refractivity contribution >= 4 is 17.2 Å². The molecule has 4 nitrogen and oxygen atoms in total. The van der Waals surface area contributed by atoms with E-state index in [0.717, 1.165) is 17.8 Å². The third-order valence-corrected chi connectivity index (χ3v) is 4.17. The van der Waals surface area contributed by atoms with E-state index in [9.17, 15) is 9.90 Å². The van der Waals surface area contributed by atoms with Crippen LogP contribution in [0.5, 0.6) is 0 Å². The zero-order valence-electron chi connectivity index (χ0n) is 9.14. The Morgan fingerprint density at radius 2 is 2.31 bits per heavy atom. The van der Waals surface area contributed by atoms with Crippen molar-refractivity contribution in [2.75, 3.05) is 13.1 Å². The lowest BCUT2D eigenvalue weighted by molar-refractivity contribution is -0.0959. The van der Waals surface area contributed by atoms with E-state index in [0.29, 0.717) is 24.7 Å². The molecule has 0 unspecified atom stereocenters. The molecule has 1 saturated heterocycles. The van der Waals surface area contributed by atoms with Gasteiger partial charge in [-0.05, 0) is 25.7 Å². The van der Waals surface area contributed by atoms with E-state index < -0.39 is 5.60 Å². The zero-order chi connectivity index (χ0) is 11.3. The van der Waals surface area contributed by atoms with Gasteiger partial charge in [-0.2, -0.15) is 0 Å². The smallest absolute Gasteiger partial charge is 0.273 e. The first-order chi connectivity index (χ1) is 7.58. The van der Waals surface area contributed by atoms with Crippen molar-refractivity contribution in [1.82, 2.24) is 9.88 Å². The number of hydrogen-bond acceptors (Lipinski definition) is 4. The molecule has 1 aliphatic heterocycles. The number of thiazole rings is 1. The van der Waals surface area contributed by atoms with E-state index in [4.69, 9.17) is 0 Å². The van der Waals surface area contributed by atoms with Crippen LogP contribution in [0, 0.1) is 12.8 Å². The quantitative estimate of drug-likeness (QED) is 0.838. The molecule has 2 heterocycles. The summed E-state index contributed by atoms with van der Waals surface area (Å²) in [5.74, 6) is 0.378. The largest absolute Gasteiger partial charge is 0.386 e. The molecular formula is C11H14N2O2S. The van der Waals surface area contributed by atoms with E-state index >= 15 is 0 Å². The molecule has 0 spiro atoms. The molecule has 0 radical (unpaired) electrons. The monoisotopic (exact) mass is 238 g/mol. The highest BCUT2D eigenvalue weighted by Gasteiger charge is 2.53. The predicted molar refractivity (Wildman–Crippen MR) is 60.4 cm³/mol. The van der Waals surface area contributed by atoms with E-state index in [1.54, 1.807) is 10.3 Å². The van der Waals surface area contributed by atoms with E-state index in [1.807, 2.05) is 6.92 Å². The van der Waals surface area contributed by atoms with Gasteiger partial charge in [0.25, 0.3) is 5.91 Å². The summed E-state index contributed by atoms with van der Waals surface area (Å²) in [6, 6.07) is 0. The van der Waals surface area contributed by atoms with Gasteiger partial charge in [-0.15, -0.1) is 11.3 Å². The van der Waals surface area contributed by atoms with Crippen molar-refractivity contribution in [2.24, 2.45) is 5.92 Å². The Hall–Kier alpha value is -0.940. The summed E-state index contributed by atoms with van der Waals surface area (Å²) in [5.41, 5.74) is -0.0823. The summed E-state index contributed by atoms with van der Waals surface area (Å²) >= 11 is 1.48. The SMILES string of the molecule is Cc1nc(C(=O)N2CC(O)(C3CC3)C2)cs1. The van der Waals surface area contributed by atoms with Crippen molar-refractivity contribution in [3.05, 3.63) is 16.1 Å². The fourth-order valence-electron chi connectivity index (χ4n) is 2.26. The van der Waals surface area contributed by atoms with Gasteiger partial charge in [0.2, 0.25) is 0 Å². The normalized spacial score (nSPS) is 23.0. The second kappa shape index (κ2) is 3.28.